The van der Waals surface area contributed by atoms with Crippen LogP contribution in [-0.2, 0) is 0 Å². The summed E-state index contributed by atoms with van der Waals surface area (Å²) in [5.74, 6) is 0.269. The molecule has 2 aromatic carbocycles. The lowest BCUT2D eigenvalue weighted by molar-refractivity contribution is 1.26. The normalized spacial score (nSPS) is 10.2. The number of benzene rings is 2. The Morgan fingerprint density at radius 1 is 0.909 bits per heavy atom. The molecule has 106 valence electrons. The number of hydrogen-bond donors (Lipinski definition) is 1. The SMILES string of the molecule is Cc1c(-c2ccccc2)nc(N)c(C#N)c1-c1ccccc1. The van der Waals surface area contributed by atoms with Gasteiger partial charge in [0.15, 0.2) is 0 Å². The summed E-state index contributed by atoms with van der Waals surface area (Å²) in [5, 5.41) is 9.48. The van der Waals surface area contributed by atoms with Gasteiger partial charge in [0.2, 0.25) is 0 Å². The van der Waals surface area contributed by atoms with E-state index in [0.29, 0.717) is 5.56 Å². The Labute approximate surface area is 129 Å². The second kappa shape index (κ2) is 5.71. The molecule has 3 nitrogen and oxygen atoms in total. The number of nitrogens with two attached hydrogens (primary N) is 1. The molecular weight excluding hydrogens is 270 g/mol. The van der Waals surface area contributed by atoms with Crippen LogP contribution in [0.5, 0.6) is 0 Å². The summed E-state index contributed by atoms with van der Waals surface area (Å²) >= 11 is 0. The summed E-state index contributed by atoms with van der Waals surface area (Å²) < 4.78 is 0. The topological polar surface area (TPSA) is 62.7 Å². The Kier molecular flexibility index (Phi) is 3.59. The maximum Gasteiger partial charge on any atom is 0.142 e. The van der Waals surface area contributed by atoms with E-state index in [1.807, 2.05) is 67.6 Å². The van der Waals surface area contributed by atoms with Crippen molar-refractivity contribution in [3.8, 4) is 28.5 Å². The zero-order valence-corrected chi connectivity index (χ0v) is 12.2. The third kappa shape index (κ3) is 2.32. The van der Waals surface area contributed by atoms with Crippen molar-refractivity contribution in [2.24, 2.45) is 0 Å². The zero-order chi connectivity index (χ0) is 15.5. The van der Waals surface area contributed by atoms with Crippen LogP contribution in [0.15, 0.2) is 60.7 Å². The summed E-state index contributed by atoms with van der Waals surface area (Å²) in [5.41, 5.74) is 11.1. The predicted molar refractivity (Wildman–Crippen MR) is 89.0 cm³/mol. The Morgan fingerprint density at radius 2 is 1.45 bits per heavy atom. The van der Waals surface area contributed by atoms with Gasteiger partial charge >= 0.3 is 0 Å². The second-order valence-electron chi connectivity index (χ2n) is 5.06. The van der Waals surface area contributed by atoms with Crippen LogP contribution >= 0.6 is 0 Å². The molecule has 0 aliphatic rings. The predicted octanol–water partition coefficient (Wildman–Crippen LogP) is 4.18. The van der Waals surface area contributed by atoms with Gasteiger partial charge in [0.05, 0.1) is 5.69 Å². The highest BCUT2D eigenvalue weighted by molar-refractivity contribution is 5.84. The minimum atomic E-state index is 0.269. The van der Waals surface area contributed by atoms with Crippen molar-refractivity contribution >= 4 is 5.82 Å². The Hall–Kier alpha value is -3.12. The molecule has 0 bridgehead atoms. The molecule has 0 fully saturated rings. The first-order chi connectivity index (χ1) is 10.7. The fraction of sp³-hybridized carbons (Fsp3) is 0.0526. The number of anilines is 1. The van der Waals surface area contributed by atoms with Gasteiger partial charge in [0, 0.05) is 11.1 Å². The summed E-state index contributed by atoms with van der Waals surface area (Å²) in [6, 6.07) is 21.9. The molecule has 3 rings (SSSR count). The van der Waals surface area contributed by atoms with Crippen molar-refractivity contribution < 1.29 is 0 Å². The molecule has 0 saturated heterocycles. The van der Waals surface area contributed by atoms with Crippen molar-refractivity contribution in [1.82, 2.24) is 4.98 Å². The molecule has 0 radical (unpaired) electrons. The molecule has 0 aliphatic carbocycles. The van der Waals surface area contributed by atoms with Crippen molar-refractivity contribution in [1.29, 1.82) is 5.26 Å². The maximum absolute atomic E-state index is 9.48. The van der Waals surface area contributed by atoms with Crippen molar-refractivity contribution in [3.63, 3.8) is 0 Å². The van der Waals surface area contributed by atoms with E-state index in [9.17, 15) is 5.26 Å². The van der Waals surface area contributed by atoms with Gasteiger partial charge in [0.25, 0.3) is 0 Å². The minimum absolute atomic E-state index is 0.269. The Bertz CT molecular complexity index is 847. The maximum atomic E-state index is 9.48. The molecule has 3 heteroatoms. The van der Waals surface area contributed by atoms with Crippen LogP contribution in [-0.4, -0.2) is 4.98 Å². The largest absolute Gasteiger partial charge is 0.383 e. The summed E-state index contributed by atoms with van der Waals surface area (Å²) in [4.78, 5) is 4.46. The average molecular weight is 285 g/mol. The minimum Gasteiger partial charge on any atom is -0.383 e. The highest BCUT2D eigenvalue weighted by atomic mass is 14.9. The monoisotopic (exact) mass is 285 g/mol. The summed E-state index contributed by atoms with van der Waals surface area (Å²) in [6.07, 6.45) is 0. The molecule has 0 spiro atoms. The van der Waals surface area contributed by atoms with E-state index in [4.69, 9.17) is 5.73 Å². The molecule has 1 heterocycles. The van der Waals surface area contributed by atoms with Gasteiger partial charge in [-0.3, -0.25) is 0 Å². The van der Waals surface area contributed by atoms with Crippen LogP contribution in [0.25, 0.3) is 22.4 Å². The van der Waals surface area contributed by atoms with Crippen LogP contribution in [0.3, 0.4) is 0 Å². The fourth-order valence-electron chi connectivity index (χ4n) is 2.65. The van der Waals surface area contributed by atoms with E-state index in [0.717, 1.165) is 27.9 Å². The molecule has 1 aromatic heterocycles. The molecule has 0 aliphatic heterocycles. The van der Waals surface area contributed by atoms with E-state index in [-0.39, 0.29) is 5.82 Å². The highest BCUT2D eigenvalue weighted by Gasteiger charge is 2.17. The van der Waals surface area contributed by atoms with E-state index in [1.165, 1.54) is 0 Å². The summed E-state index contributed by atoms with van der Waals surface area (Å²) in [7, 11) is 0. The van der Waals surface area contributed by atoms with Gasteiger partial charge in [-0.25, -0.2) is 4.98 Å². The molecular formula is C19H15N3. The van der Waals surface area contributed by atoms with Crippen LogP contribution in [0.4, 0.5) is 5.82 Å². The molecule has 0 saturated carbocycles. The quantitative estimate of drug-likeness (QED) is 0.768. The first-order valence-electron chi connectivity index (χ1n) is 7.03. The number of aromatic nitrogens is 1. The first kappa shape index (κ1) is 13.8. The van der Waals surface area contributed by atoms with E-state index < -0.39 is 0 Å². The summed E-state index contributed by atoms with van der Waals surface area (Å²) in [6.45, 7) is 1.98. The highest BCUT2D eigenvalue weighted by Crippen LogP contribution is 2.35. The lowest BCUT2D eigenvalue weighted by Crippen LogP contribution is -2.03. The number of rotatable bonds is 2. The number of nitriles is 1. The fourth-order valence-corrected chi connectivity index (χ4v) is 2.65. The lowest BCUT2D eigenvalue weighted by Gasteiger charge is -2.15. The van der Waals surface area contributed by atoms with Crippen LogP contribution in [0.1, 0.15) is 11.1 Å². The molecule has 22 heavy (non-hydrogen) atoms. The first-order valence-corrected chi connectivity index (χ1v) is 7.03. The van der Waals surface area contributed by atoms with Crippen LogP contribution < -0.4 is 5.73 Å². The van der Waals surface area contributed by atoms with Gasteiger partial charge < -0.3 is 5.73 Å². The standard InChI is InChI=1S/C19H15N3/c1-13-17(14-8-4-2-5-9-14)16(12-20)19(21)22-18(13)15-10-6-3-7-11-15/h2-11H,1H3,(H2,21,22). The molecule has 0 unspecified atom stereocenters. The number of hydrogen-bond acceptors (Lipinski definition) is 3. The molecule has 0 amide bonds. The molecule has 0 atom stereocenters. The lowest BCUT2D eigenvalue weighted by atomic mass is 9.93. The zero-order valence-electron chi connectivity index (χ0n) is 12.2. The second-order valence-corrected chi connectivity index (χ2v) is 5.06. The Balaban J connectivity index is 2.34. The van der Waals surface area contributed by atoms with E-state index in [2.05, 4.69) is 11.1 Å². The van der Waals surface area contributed by atoms with Crippen LogP contribution in [0, 0.1) is 18.3 Å². The molecule has 3 aromatic rings. The Morgan fingerprint density at radius 3 is 2.00 bits per heavy atom. The number of nitrogen functional groups attached to an aromatic ring is 1. The van der Waals surface area contributed by atoms with Crippen molar-refractivity contribution in [2.45, 2.75) is 6.92 Å². The smallest absolute Gasteiger partial charge is 0.142 e. The third-order valence-corrected chi connectivity index (χ3v) is 3.69. The van der Waals surface area contributed by atoms with Gasteiger partial charge in [-0.2, -0.15) is 5.26 Å². The van der Waals surface area contributed by atoms with Crippen molar-refractivity contribution in [2.75, 3.05) is 5.73 Å². The van der Waals surface area contributed by atoms with Crippen LogP contribution in [0.2, 0.25) is 0 Å². The average Bonchev–Trinajstić information content (AvgIpc) is 2.57. The van der Waals surface area contributed by atoms with Gasteiger partial charge in [-0.05, 0) is 18.1 Å². The molecule has 2 N–H and O–H groups in total. The number of pyridine rings is 1. The van der Waals surface area contributed by atoms with Gasteiger partial charge in [-0.1, -0.05) is 60.7 Å². The third-order valence-electron chi connectivity index (χ3n) is 3.69. The van der Waals surface area contributed by atoms with Gasteiger partial charge in [-0.15, -0.1) is 0 Å². The van der Waals surface area contributed by atoms with E-state index >= 15 is 0 Å². The number of nitrogens with zero attached hydrogens (tertiary/aromatic N) is 2. The van der Waals surface area contributed by atoms with Crippen molar-refractivity contribution in [3.05, 3.63) is 71.8 Å². The van der Waals surface area contributed by atoms with E-state index in [1.54, 1.807) is 0 Å². The van der Waals surface area contributed by atoms with Gasteiger partial charge in [0.1, 0.15) is 17.5 Å².